The number of hydrogen-bond acceptors (Lipinski definition) is 4. The van der Waals surface area contributed by atoms with Crippen molar-refractivity contribution in [2.75, 3.05) is 6.54 Å². The molecule has 140 valence electrons. The second kappa shape index (κ2) is 6.37. The SMILES string of the molecule is O=C(CC1CC(F)C1)N1CCc2[nH]cnc2[C@H]1c1nc2c(F)cccc2s1. The Morgan fingerprint density at radius 1 is 1.37 bits per heavy atom. The molecule has 1 saturated carbocycles. The van der Waals surface area contributed by atoms with E-state index >= 15 is 0 Å². The Labute approximate surface area is 158 Å². The molecule has 3 heterocycles. The molecule has 27 heavy (non-hydrogen) atoms. The van der Waals surface area contributed by atoms with Crippen LogP contribution in [0, 0.1) is 11.7 Å². The summed E-state index contributed by atoms with van der Waals surface area (Å²) >= 11 is 1.39. The molecule has 0 radical (unpaired) electrons. The van der Waals surface area contributed by atoms with E-state index < -0.39 is 12.2 Å². The van der Waals surface area contributed by atoms with Crippen LogP contribution >= 0.6 is 11.3 Å². The van der Waals surface area contributed by atoms with Crippen LogP contribution in [-0.4, -0.2) is 38.5 Å². The molecule has 1 atom stereocenters. The third-order valence-electron chi connectivity index (χ3n) is 5.51. The number of carbonyl (C=O) groups is 1. The normalized spacial score (nSPS) is 24.7. The van der Waals surface area contributed by atoms with Crippen molar-refractivity contribution in [2.24, 2.45) is 5.92 Å². The van der Waals surface area contributed by atoms with Crippen molar-refractivity contribution in [2.45, 2.75) is 37.9 Å². The highest BCUT2D eigenvalue weighted by Gasteiger charge is 2.38. The zero-order valence-electron chi connectivity index (χ0n) is 14.5. The second-order valence-electron chi connectivity index (χ2n) is 7.28. The first kappa shape index (κ1) is 16.8. The summed E-state index contributed by atoms with van der Waals surface area (Å²) in [6.07, 6.45) is 2.81. The third kappa shape index (κ3) is 2.82. The van der Waals surface area contributed by atoms with Crippen LogP contribution < -0.4 is 0 Å². The molecule has 1 aromatic carbocycles. The van der Waals surface area contributed by atoms with Gasteiger partial charge in [-0.2, -0.15) is 0 Å². The van der Waals surface area contributed by atoms with Gasteiger partial charge in [0.1, 0.15) is 28.6 Å². The van der Waals surface area contributed by atoms with Crippen molar-refractivity contribution in [1.82, 2.24) is 19.9 Å². The lowest BCUT2D eigenvalue weighted by atomic mass is 9.80. The van der Waals surface area contributed by atoms with Crippen molar-refractivity contribution in [1.29, 1.82) is 0 Å². The van der Waals surface area contributed by atoms with Crippen LogP contribution in [0.25, 0.3) is 10.2 Å². The van der Waals surface area contributed by atoms with Gasteiger partial charge >= 0.3 is 0 Å². The number of aromatic amines is 1. The number of benzene rings is 1. The van der Waals surface area contributed by atoms with E-state index in [4.69, 9.17) is 0 Å². The van der Waals surface area contributed by atoms with Crippen LogP contribution in [0.2, 0.25) is 0 Å². The second-order valence-corrected chi connectivity index (χ2v) is 8.35. The number of aromatic nitrogens is 3. The zero-order valence-corrected chi connectivity index (χ0v) is 15.3. The van der Waals surface area contributed by atoms with Crippen LogP contribution in [-0.2, 0) is 11.2 Å². The number of carbonyl (C=O) groups excluding carboxylic acids is 1. The molecular formula is C19H18F2N4OS. The summed E-state index contributed by atoms with van der Waals surface area (Å²) in [7, 11) is 0. The number of fused-ring (bicyclic) bond motifs is 2. The highest BCUT2D eigenvalue weighted by molar-refractivity contribution is 7.18. The summed E-state index contributed by atoms with van der Waals surface area (Å²) in [5, 5.41) is 0.661. The number of halogens is 2. The van der Waals surface area contributed by atoms with Gasteiger partial charge in [-0.3, -0.25) is 4.79 Å². The van der Waals surface area contributed by atoms with E-state index in [-0.39, 0.29) is 17.6 Å². The van der Waals surface area contributed by atoms with Crippen LogP contribution in [0.4, 0.5) is 8.78 Å². The van der Waals surface area contributed by atoms with Gasteiger partial charge in [0.15, 0.2) is 0 Å². The first-order valence-electron chi connectivity index (χ1n) is 9.11. The predicted molar refractivity (Wildman–Crippen MR) is 97.7 cm³/mol. The maximum atomic E-state index is 14.1. The smallest absolute Gasteiger partial charge is 0.223 e. The minimum absolute atomic E-state index is 0.00900. The van der Waals surface area contributed by atoms with Gasteiger partial charge in [-0.25, -0.2) is 18.7 Å². The van der Waals surface area contributed by atoms with Crippen LogP contribution in [0.1, 0.15) is 41.7 Å². The number of rotatable bonds is 3. The summed E-state index contributed by atoms with van der Waals surface area (Å²) in [5.74, 6) is -0.263. The molecule has 2 aromatic heterocycles. The molecule has 1 amide bonds. The summed E-state index contributed by atoms with van der Waals surface area (Å²) in [5.41, 5.74) is 2.08. The number of thiazole rings is 1. The number of nitrogens with zero attached hydrogens (tertiary/aromatic N) is 3. The van der Waals surface area contributed by atoms with Gasteiger partial charge in [0.25, 0.3) is 0 Å². The van der Waals surface area contributed by atoms with E-state index in [1.165, 1.54) is 17.4 Å². The maximum Gasteiger partial charge on any atom is 0.223 e. The monoisotopic (exact) mass is 388 g/mol. The molecule has 1 aliphatic carbocycles. The first-order valence-corrected chi connectivity index (χ1v) is 9.92. The lowest BCUT2D eigenvalue weighted by Gasteiger charge is -2.36. The summed E-state index contributed by atoms with van der Waals surface area (Å²) in [4.78, 5) is 26.8. The Morgan fingerprint density at radius 2 is 2.22 bits per heavy atom. The van der Waals surface area contributed by atoms with E-state index in [1.54, 1.807) is 17.3 Å². The maximum absolute atomic E-state index is 14.1. The fourth-order valence-corrected chi connectivity index (χ4v) is 5.13. The molecule has 0 bridgehead atoms. The highest BCUT2D eigenvalue weighted by atomic mass is 32.1. The van der Waals surface area contributed by atoms with E-state index in [1.807, 2.05) is 6.07 Å². The van der Waals surface area contributed by atoms with E-state index in [9.17, 15) is 13.6 Å². The third-order valence-corrected chi connectivity index (χ3v) is 6.58. The highest BCUT2D eigenvalue weighted by Crippen LogP contribution is 2.40. The number of alkyl halides is 1. The molecule has 8 heteroatoms. The largest absolute Gasteiger partial charge is 0.348 e. The first-order chi connectivity index (χ1) is 13.1. The quantitative estimate of drug-likeness (QED) is 0.743. The van der Waals surface area contributed by atoms with Crippen LogP contribution in [0.5, 0.6) is 0 Å². The Kier molecular flexibility index (Phi) is 3.96. The molecule has 1 aliphatic heterocycles. The van der Waals surface area contributed by atoms with Gasteiger partial charge < -0.3 is 9.88 Å². The summed E-state index contributed by atoms with van der Waals surface area (Å²) in [6.45, 7) is 0.545. The average Bonchev–Trinajstić information content (AvgIpc) is 3.26. The van der Waals surface area contributed by atoms with Gasteiger partial charge in [0, 0.05) is 25.1 Å². The van der Waals surface area contributed by atoms with E-state index in [2.05, 4.69) is 15.0 Å². The minimum atomic E-state index is -0.773. The fourth-order valence-electron chi connectivity index (χ4n) is 4.03. The fraction of sp³-hybridized carbons (Fsp3) is 0.421. The van der Waals surface area contributed by atoms with Crippen molar-refractivity contribution in [3.05, 3.63) is 46.7 Å². The molecule has 1 N–H and O–H groups in total. The zero-order chi connectivity index (χ0) is 18.5. The van der Waals surface area contributed by atoms with Crippen LogP contribution in [0.15, 0.2) is 24.5 Å². The molecule has 5 rings (SSSR count). The Bertz CT molecular complexity index is 1010. The molecule has 0 saturated heterocycles. The molecule has 5 nitrogen and oxygen atoms in total. The predicted octanol–water partition coefficient (Wildman–Crippen LogP) is 3.77. The molecule has 0 unspecified atom stereocenters. The van der Waals surface area contributed by atoms with Crippen molar-refractivity contribution in [3.63, 3.8) is 0 Å². The van der Waals surface area contributed by atoms with Gasteiger partial charge in [0.2, 0.25) is 5.91 Å². The van der Waals surface area contributed by atoms with Gasteiger partial charge in [-0.15, -0.1) is 11.3 Å². The minimum Gasteiger partial charge on any atom is -0.348 e. The molecule has 3 aromatic rings. The van der Waals surface area contributed by atoms with Crippen LogP contribution in [0.3, 0.4) is 0 Å². The average molecular weight is 388 g/mol. The number of H-pyrrole nitrogens is 1. The standard InChI is InChI=1S/C19H18F2N4OS/c20-11-6-10(7-11)8-15(26)25-5-4-13-17(23-9-22-13)18(25)19-24-16-12(21)2-1-3-14(16)27-19/h1-3,9-11,18H,4-8H2,(H,22,23)/t10?,11?,18-/m0/s1. The molecule has 0 spiro atoms. The Morgan fingerprint density at radius 3 is 3.00 bits per heavy atom. The van der Waals surface area contributed by atoms with Gasteiger partial charge in [-0.05, 0) is 30.9 Å². The Balaban J connectivity index is 1.52. The van der Waals surface area contributed by atoms with Gasteiger partial charge in [0.05, 0.1) is 16.7 Å². The molecule has 2 aliphatic rings. The van der Waals surface area contributed by atoms with Gasteiger partial charge in [-0.1, -0.05) is 6.07 Å². The van der Waals surface area contributed by atoms with Crippen molar-refractivity contribution >= 4 is 27.5 Å². The van der Waals surface area contributed by atoms with E-state index in [0.29, 0.717) is 42.8 Å². The topological polar surface area (TPSA) is 61.9 Å². The van der Waals surface area contributed by atoms with Crippen molar-refractivity contribution < 1.29 is 13.6 Å². The summed E-state index contributed by atoms with van der Waals surface area (Å²) in [6, 6.07) is 4.45. The molecule has 1 fully saturated rings. The lowest BCUT2D eigenvalue weighted by molar-refractivity contribution is -0.135. The lowest BCUT2D eigenvalue weighted by Crippen LogP contribution is -2.42. The molecular weight excluding hydrogens is 370 g/mol. The number of imidazole rings is 1. The number of nitrogens with one attached hydrogen (secondary N) is 1. The van der Waals surface area contributed by atoms with Crippen molar-refractivity contribution in [3.8, 4) is 0 Å². The number of amides is 1. The van der Waals surface area contributed by atoms with E-state index in [0.717, 1.165) is 16.1 Å². The summed E-state index contributed by atoms with van der Waals surface area (Å²) < 4.78 is 28.0. The number of hydrogen-bond donors (Lipinski definition) is 1. The Hall–Kier alpha value is -2.35. The number of para-hydroxylation sites is 1.